The lowest BCUT2D eigenvalue weighted by molar-refractivity contribution is 0.623. The zero-order valence-electron chi connectivity index (χ0n) is 26.0. The van der Waals surface area contributed by atoms with E-state index in [0.717, 1.165) is 12.8 Å². The lowest BCUT2D eigenvalue weighted by Gasteiger charge is -2.29. The van der Waals surface area contributed by atoms with E-state index in [9.17, 15) is 0 Å². The summed E-state index contributed by atoms with van der Waals surface area (Å²) in [5.41, 5.74) is 19.1. The highest BCUT2D eigenvalue weighted by molar-refractivity contribution is 6.24. The fourth-order valence-electron chi connectivity index (χ4n) is 9.09. The number of aryl methyl sites for hydroxylation is 1. The van der Waals surface area contributed by atoms with Gasteiger partial charge in [-0.2, -0.15) is 0 Å². The molecule has 2 heterocycles. The van der Waals surface area contributed by atoms with Crippen LogP contribution in [0.5, 0.6) is 0 Å². The van der Waals surface area contributed by atoms with E-state index in [4.69, 9.17) is 0 Å². The van der Waals surface area contributed by atoms with Crippen molar-refractivity contribution < 1.29 is 0 Å². The van der Waals surface area contributed by atoms with Crippen LogP contribution in [-0.4, -0.2) is 4.40 Å². The number of hydrogen-bond donors (Lipinski definition) is 0. The highest BCUT2D eigenvalue weighted by Gasteiger charge is 2.31. The van der Waals surface area contributed by atoms with Crippen LogP contribution in [-0.2, 0) is 12.8 Å². The van der Waals surface area contributed by atoms with E-state index < -0.39 is 0 Å². The van der Waals surface area contributed by atoms with Gasteiger partial charge in [0, 0.05) is 21.5 Å². The number of para-hydroxylation sites is 1. The fourth-order valence-corrected chi connectivity index (χ4v) is 9.09. The van der Waals surface area contributed by atoms with Gasteiger partial charge in [0.15, 0.2) is 0 Å². The molecule has 2 aromatic heterocycles. The SMILES string of the molecule is c1ccc(-c2ccc3c(c2)c2cc(-c4cc5c6c(c4)-c4ccccc4CC6CCc4ccccc4-5)cc4c5ccccc5n3c42)cc1. The molecule has 0 saturated heterocycles. The first-order chi connectivity index (χ1) is 23.3. The summed E-state index contributed by atoms with van der Waals surface area (Å²) < 4.78 is 2.49. The normalized spacial score (nSPS) is 15.2. The van der Waals surface area contributed by atoms with Crippen molar-refractivity contribution in [3.8, 4) is 44.5 Å². The van der Waals surface area contributed by atoms with Gasteiger partial charge in [0.1, 0.15) is 0 Å². The van der Waals surface area contributed by atoms with Gasteiger partial charge in [0.25, 0.3) is 0 Å². The molecule has 1 unspecified atom stereocenters. The summed E-state index contributed by atoms with van der Waals surface area (Å²) in [6.07, 6.45) is 3.45. The quantitative estimate of drug-likeness (QED) is 0.187. The molecular weight excluding hydrogens is 567 g/mol. The Labute approximate surface area is 273 Å². The molecule has 11 rings (SSSR count). The zero-order valence-corrected chi connectivity index (χ0v) is 26.0. The van der Waals surface area contributed by atoms with Crippen LogP contribution in [0.15, 0.2) is 146 Å². The lowest BCUT2D eigenvalue weighted by atomic mass is 9.74. The third-order valence-corrected chi connectivity index (χ3v) is 11.2. The van der Waals surface area contributed by atoms with Gasteiger partial charge in [0.05, 0.1) is 16.6 Å². The van der Waals surface area contributed by atoms with E-state index in [1.165, 1.54) is 100 Å². The summed E-state index contributed by atoms with van der Waals surface area (Å²) in [5.74, 6) is 0.540. The Hall–Kier alpha value is -5.66. The minimum Gasteiger partial charge on any atom is -0.308 e. The first kappa shape index (κ1) is 25.5. The van der Waals surface area contributed by atoms with Gasteiger partial charge in [-0.15, -0.1) is 0 Å². The molecule has 0 radical (unpaired) electrons. The summed E-state index contributed by atoms with van der Waals surface area (Å²) in [6, 6.07) is 54.9. The summed E-state index contributed by atoms with van der Waals surface area (Å²) in [7, 11) is 0. The monoisotopic (exact) mass is 597 g/mol. The summed E-state index contributed by atoms with van der Waals surface area (Å²) in [6.45, 7) is 0. The Balaban J connectivity index is 1.25. The maximum absolute atomic E-state index is 2.52. The Morgan fingerprint density at radius 2 is 1.04 bits per heavy atom. The van der Waals surface area contributed by atoms with Crippen molar-refractivity contribution in [3.63, 3.8) is 0 Å². The minimum absolute atomic E-state index is 0.540. The molecule has 0 fully saturated rings. The summed E-state index contributed by atoms with van der Waals surface area (Å²) >= 11 is 0. The average Bonchev–Trinajstić information content (AvgIpc) is 3.59. The molecule has 9 aromatic rings. The molecular formula is C46H31N. The Morgan fingerprint density at radius 1 is 0.426 bits per heavy atom. The number of fused-ring (bicyclic) bond motifs is 10. The Morgan fingerprint density at radius 3 is 1.87 bits per heavy atom. The van der Waals surface area contributed by atoms with E-state index in [0.29, 0.717) is 5.92 Å². The van der Waals surface area contributed by atoms with Gasteiger partial charge in [-0.1, -0.05) is 103 Å². The van der Waals surface area contributed by atoms with Crippen LogP contribution in [0.3, 0.4) is 0 Å². The van der Waals surface area contributed by atoms with Crippen molar-refractivity contribution in [3.05, 3.63) is 162 Å². The Kier molecular flexibility index (Phi) is 5.12. The molecule has 2 aliphatic carbocycles. The van der Waals surface area contributed by atoms with E-state index in [1.54, 1.807) is 5.56 Å². The summed E-state index contributed by atoms with van der Waals surface area (Å²) in [4.78, 5) is 0. The number of benzene rings is 7. The smallest absolute Gasteiger partial charge is 0.0620 e. The van der Waals surface area contributed by atoms with Crippen molar-refractivity contribution in [2.24, 2.45) is 0 Å². The molecule has 1 atom stereocenters. The predicted molar refractivity (Wildman–Crippen MR) is 198 cm³/mol. The van der Waals surface area contributed by atoms with Gasteiger partial charge in [-0.25, -0.2) is 0 Å². The van der Waals surface area contributed by atoms with Crippen LogP contribution < -0.4 is 0 Å². The molecule has 1 nitrogen and oxygen atoms in total. The number of hydrogen-bond acceptors (Lipinski definition) is 0. The molecule has 7 aromatic carbocycles. The standard InChI is InChI=1S/C46H31N/c1-2-10-28(11-3-1)30-20-21-44-38(23-30)42-27-34(26-41-37-16-8-9-17-43(37)47(44)46(41)42)33-24-39-35-14-6-4-12-29(35)18-19-32-22-31-13-5-7-15-36(31)40(25-33)45(32)39/h1-17,20-21,23-27,32H,18-19,22H2. The largest absolute Gasteiger partial charge is 0.308 e. The molecule has 0 bridgehead atoms. The first-order valence-electron chi connectivity index (χ1n) is 16.9. The van der Waals surface area contributed by atoms with Gasteiger partial charge in [0.2, 0.25) is 0 Å². The van der Waals surface area contributed by atoms with E-state index in [2.05, 4.69) is 150 Å². The maximum atomic E-state index is 2.52. The topological polar surface area (TPSA) is 4.41 Å². The highest BCUT2D eigenvalue weighted by Crippen LogP contribution is 2.51. The van der Waals surface area contributed by atoms with Crippen LogP contribution in [0.1, 0.15) is 29.0 Å². The van der Waals surface area contributed by atoms with E-state index in [1.807, 2.05) is 0 Å². The number of aromatic nitrogens is 1. The number of nitrogens with zero attached hydrogens (tertiary/aromatic N) is 1. The van der Waals surface area contributed by atoms with Crippen molar-refractivity contribution in [1.82, 2.24) is 4.40 Å². The molecule has 0 aliphatic heterocycles. The van der Waals surface area contributed by atoms with Crippen LogP contribution in [0.25, 0.3) is 82.6 Å². The highest BCUT2D eigenvalue weighted by atomic mass is 14.9. The molecule has 0 spiro atoms. The van der Waals surface area contributed by atoms with Crippen LogP contribution in [0.2, 0.25) is 0 Å². The van der Waals surface area contributed by atoms with Crippen LogP contribution in [0, 0.1) is 0 Å². The van der Waals surface area contributed by atoms with Crippen LogP contribution >= 0.6 is 0 Å². The van der Waals surface area contributed by atoms with E-state index in [-0.39, 0.29) is 0 Å². The van der Waals surface area contributed by atoms with Gasteiger partial charge in [-0.3, -0.25) is 0 Å². The first-order valence-corrected chi connectivity index (χ1v) is 16.9. The molecule has 2 aliphatic rings. The predicted octanol–water partition coefficient (Wildman–Crippen LogP) is 12.1. The third kappa shape index (κ3) is 3.54. The van der Waals surface area contributed by atoms with Crippen molar-refractivity contribution in [1.29, 1.82) is 0 Å². The second-order valence-corrected chi connectivity index (χ2v) is 13.6. The fraction of sp³-hybridized carbons (Fsp3) is 0.0870. The van der Waals surface area contributed by atoms with Crippen LogP contribution in [0.4, 0.5) is 0 Å². The molecule has 220 valence electrons. The molecule has 47 heavy (non-hydrogen) atoms. The minimum atomic E-state index is 0.540. The zero-order chi connectivity index (χ0) is 30.6. The molecule has 0 N–H and O–H groups in total. The summed E-state index contributed by atoms with van der Waals surface area (Å²) in [5, 5.41) is 5.28. The second-order valence-electron chi connectivity index (χ2n) is 13.6. The maximum Gasteiger partial charge on any atom is 0.0620 e. The molecule has 0 amide bonds. The molecule has 1 heteroatoms. The van der Waals surface area contributed by atoms with E-state index >= 15 is 0 Å². The Bertz CT molecular complexity index is 2700. The van der Waals surface area contributed by atoms with Gasteiger partial charge >= 0.3 is 0 Å². The average molecular weight is 598 g/mol. The van der Waals surface area contributed by atoms with Gasteiger partial charge < -0.3 is 4.40 Å². The second kappa shape index (κ2) is 9.44. The lowest BCUT2D eigenvalue weighted by Crippen LogP contribution is -2.12. The van der Waals surface area contributed by atoms with Gasteiger partial charge in [-0.05, 0) is 129 Å². The molecule has 0 saturated carbocycles. The van der Waals surface area contributed by atoms with Crippen molar-refractivity contribution >= 4 is 38.1 Å². The van der Waals surface area contributed by atoms with Crippen molar-refractivity contribution in [2.45, 2.75) is 25.2 Å². The van der Waals surface area contributed by atoms with Crippen molar-refractivity contribution in [2.75, 3.05) is 0 Å². The third-order valence-electron chi connectivity index (χ3n) is 11.2. The number of rotatable bonds is 2.